The molecule has 1 unspecified atom stereocenters. The Morgan fingerprint density at radius 1 is 1.39 bits per heavy atom. The number of carbonyl (C=O) groups excluding carboxylic acids is 1. The third-order valence-corrected chi connectivity index (χ3v) is 4.65. The zero-order valence-corrected chi connectivity index (χ0v) is 11.3. The molecule has 0 fully saturated rings. The lowest BCUT2D eigenvalue weighted by Crippen LogP contribution is -2.08. The van der Waals surface area contributed by atoms with Gasteiger partial charge in [-0.05, 0) is 30.4 Å². The van der Waals surface area contributed by atoms with Gasteiger partial charge < -0.3 is 5.73 Å². The molecule has 2 aromatic rings. The third kappa shape index (κ3) is 1.51. The zero-order chi connectivity index (χ0) is 12.9. The van der Waals surface area contributed by atoms with E-state index in [0.717, 1.165) is 12.0 Å². The molecule has 1 atom stereocenters. The van der Waals surface area contributed by atoms with Gasteiger partial charge in [0.2, 0.25) is 0 Å². The minimum Gasteiger partial charge on any atom is -0.390 e. The Hall–Kier alpha value is -1.61. The standard InChI is InChI=1S/C15H15NOS/c1-8-7-12-14(11-6-4-3-5-10(8)11)13(9(2)17)15(16)18-12/h3-6,8H,7,16H2,1-2H3. The maximum absolute atomic E-state index is 11.8. The number of hydrogen-bond acceptors (Lipinski definition) is 3. The number of fused-ring (bicyclic) bond motifs is 3. The summed E-state index contributed by atoms with van der Waals surface area (Å²) in [6.45, 7) is 3.82. The van der Waals surface area contributed by atoms with E-state index in [2.05, 4.69) is 25.1 Å². The van der Waals surface area contributed by atoms with Crippen LogP contribution in [0.5, 0.6) is 0 Å². The Labute approximate surface area is 110 Å². The SMILES string of the molecule is CC(=O)c1c(N)sc2c1-c1ccccc1C(C)C2. The van der Waals surface area contributed by atoms with Crippen LogP contribution in [-0.4, -0.2) is 5.78 Å². The first-order chi connectivity index (χ1) is 8.59. The molecule has 3 heteroatoms. The molecule has 0 aliphatic heterocycles. The lowest BCUT2D eigenvalue weighted by Gasteiger charge is -2.23. The molecule has 18 heavy (non-hydrogen) atoms. The van der Waals surface area contributed by atoms with E-state index in [0.29, 0.717) is 16.5 Å². The van der Waals surface area contributed by atoms with E-state index in [1.165, 1.54) is 16.0 Å². The Morgan fingerprint density at radius 3 is 2.83 bits per heavy atom. The van der Waals surface area contributed by atoms with E-state index < -0.39 is 0 Å². The van der Waals surface area contributed by atoms with Crippen molar-refractivity contribution < 1.29 is 4.79 Å². The van der Waals surface area contributed by atoms with Crippen molar-refractivity contribution in [1.29, 1.82) is 0 Å². The second-order valence-electron chi connectivity index (χ2n) is 4.89. The number of rotatable bonds is 1. The number of anilines is 1. The molecule has 0 radical (unpaired) electrons. The highest BCUT2D eigenvalue weighted by atomic mass is 32.1. The van der Waals surface area contributed by atoms with Crippen molar-refractivity contribution in [2.24, 2.45) is 0 Å². The van der Waals surface area contributed by atoms with Crippen LogP contribution in [0.15, 0.2) is 24.3 Å². The molecule has 1 aliphatic rings. The summed E-state index contributed by atoms with van der Waals surface area (Å²) in [7, 11) is 0. The van der Waals surface area contributed by atoms with Crippen LogP contribution in [0.2, 0.25) is 0 Å². The van der Waals surface area contributed by atoms with Crippen LogP contribution in [0.1, 0.15) is 40.6 Å². The molecule has 0 amide bonds. The molecular formula is C15H15NOS. The Balaban J connectivity index is 2.35. The fourth-order valence-corrected chi connectivity index (χ4v) is 4.08. The summed E-state index contributed by atoms with van der Waals surface area (Å²) in [6, 6.07) is 8.34. The van der Waals surface area contributed by atoms with Crippen LogP contribution in [-0.2, 0) is 6.42 Å². The number of benzene rings is 1. The van der Waals surface area contributed by atoms with Crippen molar-refractivity contribution in [3.63, 3.8) is 0 Å². The molecule has 1 heterocycles. The van der Waals surface area contributed by atoms with Gasteiger partial charge in [-0.2, -0.15) is 0 Å². The van der Waals surface area contributed by atoms with Gasteiger partial charge in [-0.25, -0.2) is 0 Å². The molecule has 0 saturated heterocycles. The second-order valence-corrected chi connectivity index (χ2v) is 6.02. The first-order valence-corrected chi connectivity index (χ1v) is 6.92. The molecule has 0 bridgehead atoms. The van der Waals surface area contributed by atoms with Gasteiger partial charge in [0.15, 0.2) is 5.78 Å². The number of thiophene rings is 1. The summed E-state index contributed by atoms with van der Waals surface area (Å²) in [6.07, 6.45) is 0.981. The van der Waals surface area contributed by atoms with E-state index >= 15 is 0 Å². The Morgan fingerprint density at radius 2 is 2.11 bits per heavy atom. The first-order valence-electron chi connectivity index (χ1n) is 6.11. The van der Waals surface area contributed by atoms with Gasteiger partial charge in [0.05, 0.1) is 10.6 Å². The summed E-state index contributed by atoms with van der Waals surface area (Å²) in [5, 5.41) is 0.663. The number of nitrogens with two attached hydrogens (primary N) is 1. The minimum absolute atomic E-state index is 0.0642. The van der Waals surface area contributed by atoms with Crippen molar-refractivity contribution >= 4 is 22.1 Å². The minimum atomic E-state index is 0.0642. The maximum atomic E-state index is 11.8. The highest BCUT2D eigenvalue weighted by molar-refractivity contribution is 7.17. The van der Waals surface area contributed by atoms with Crippen molar-refractivity contribution in [3.8, 4) is 11.1 Å². The van der Waals surface area contributed by atoms with E-state index in [-0.39, 0.29) is 5.78 Å². The molecule has 0 saturated carbocycles. The summed E-state index contributed by atoms with van der Waals surface area (Å²) in [5.74, 6) is 0.556. The molecule has 1 aromatic carbocycles. The van der Waals surface area contributed by atoms with Gasteiger partial charge in [-0.1, -0.05) is 31.2 Å². The zero-order valence-electron chi connectivity index (χ0n) is 10.5. The lowest BCUT2D eigenvalue weighted by atomic mass is 9.81. The number of nitrogen functional groups attached to an aromatic ring is 1. The average molecular weight is 257 g/mol. The fraction of sp³-hybridized carbons (Fsp3) is 0.267. The predicted molar refractivity (Wildman–Crippen MR) is 76.3 cm³/mol. The molecular weight excluding hydrogens is 242 g/mol. The Bertz CT molecular complexity index is 642. The van der Waals surface area contributed by atoms with Crippen molar-refractivity contribution in [2.75, 3.05) is 5.73 Å². The molecule has 0 spiro atoms. The summed E-state index contributed by atoms with van der Waals surface area (Å²) < 4.78 is 0. The largest absolute Gasteiger partial charge is 0.390 e. The summed E-state index contributed by atoms with van der Waals surface area (Å²) >= 11 is 1.57. The van der Waals surface area contributed by atoms with E-state index in [1.54, 1.807) is 18.3 Å². The van der Waals surface area contributed by atoms with Gasteiger partial charge in [0, 0.05) is 10.4 Å². The molecule has 3 rings (SSSR count). The summed E-state index contributed by atoms with van der Waals surface area (Å²) in [4.78, 5) is 13.1. The molecule has 92 valence electrons. The van der Waals surface area contributed by atoms with E-state index in [9.17, 15) is 4.79 Å². The van der Waals surface area contributed by atoms with Crippen molar-refractivity contribution in [2.45, 2.75) is 26.2 Å². The van der Waals surface area contributed by atoms with Crippen LogP contribution in [0.4, 0.5) is 5.00 Å². The molecule has 2 nitrogen and oxygen atoms in total. The van der Waals surface area contributed by atoms with Gasteiger partial charge in [-0.3, -0.25) is 4.79 Å². The fourth-order valence-electron chi connectivity index (χ4n) is 2.82. The van der Waals surface area contributed by atoms with E-state index in [1.807, 2.05) is 6.07 Å². The number of ketones is 1. The van der Waals surface area contributed by atoms with Crippen LogP contribution >= 0.6 is 11.3 Å². The molecule has 2 N–H and O–H groups in total. The van der Waals surface area contributed by atoms with Crippen molar-refractivity contribution in [3.05, 3.63) is 40.3 Å². The van der Waals surface area contributed by atoms with Crippen molar-refractivity contribution in [1.82, 2.24) is 0 Å². The maximum Gasteiger partial charge on any atom is 0.163 e. The quantitative estimate of drug-likeness (QED) is 0.788. The molecule has 1 aliphatic carbocycles. The monoisotopic (exact) mass is 257 g/mol. The highest BCUT2D eigenvalue weighted by Gasteiger charge is 2.28. The normalized spacial score (nSPS) is 17.1. The van der Waals surface area contributed by atoms with Crippen LogP contribution in [0.3, 0.4) is 0 Å². The van der Waals surface area contributed by atoms with Crippen LogP contribution in [0, 0.1) is 0 Å². The van der Waals surface area contributed by atoms with Crippen LogP contribution < -0.4 is 5.73 Å². The van der Waals surface area contributed by atoms with E-state index in [4.69, 9.17) is 5.73 Å². The third-order valence-electron chi connectivity index (χ3n) is 3.61. The number of hydrogen-bond donors (Lipinski definition) is 1. The topological polar surface area (TPSA) is 43.1 Å². The van der Waals surface area contributed by atoms with Gasteiger partial charge in [0.25, 0.3) is 0 Å². The number of carbonyl (C=O) groups is 1. The predicted octanol–water partition coefficient (Wildman–Crippen LogP) is 3.86. The molecule has 1 aromatic heterocycles. The van der Waals surface area contributed by atoms with Gasteiger partial charge >= 0.3 is 0 Å². The summed E-state index contributed by atoms with van der Waals surface area (Å²) in [5.41, 5.74) is 10.3. The highest BCUT2D eigenvalue weighted by Crippen LogP contribution is 2.47. The van der Waals surface area contributed by atoms with Gasteiger partial charge in [-0.15, -0.1) is 11.3 Å². The average Bonchev–Trinajstić information content (AvgIpc) is 2.66. The smallest absolute Gasteiger partial charge is 0.163 e. The second kappa shape index (κ2) is 3.95. The first kappa shape index (κ1) is 11.5. The van der Waals surface area contributed by atoms with Crippen LogP contribution in [0.25, 0.3) is 11.1 Å². The number of Topliss-reactive ketones (excluding diaryl/α,β-unsaturated/α-hetero) is 1. The van der Waals surface area contributed by atoms with Gasteiger partial charge in [0.1, 0.15) is 0 Å². The lowest BCUT2D eigenvalue weighted by molar-refractivity contribution is 0.101. The Kier molecular flexibility index (Phi) is 2.52.